The lowest BCUT2D eigenvalue weighted by molar-refractivity contribution is 0.488. The van der Waals surface area contributed by atoms with Crippen LogP contribution in [0.25, 0.3) is 11.4 Å². The molecular formula is C19H24N6. The maximum Gasteiger partial charge on any atom is 0.161 e. The van der Waals surface area contributed by atoms with Gasteiger partial charge in [0, 0.05) is 48.0 Å². The van der Waals surface area contributed by atoms with Crippen molar-refractivity contribution >= 4 is 11.6 Å². The summed E-state index contributed by atoms with van der Waals surface area (Å²) in [6, 6.07) is 5.80. The third-order valence-corrected chi connectivity index (χ3v) is 4.15. The molecule has 0 aliphatic rings. The summed E-state index contributed by atoms with van der Waals surface area (Å²) in [6.45, 7) is 9.37. The number of nitrogens with one attached hydrogen (secondary N) is 1. The molecule has 0 spiro atoms. The van der Waals surface area contributed by atoms with Crippen LogP contribution in [0.5, 0.6) is 0 Å². The third kappa shape index (κ3) is 4.21. The second-order valence-electron chi connectivity index (χ2n) is 6.61. The first-order valence-electron chi connectivity index (χ1n) is 8.59. The zero-order valence-electron chi connectivity index (χ0n) is 15.2. The minimum Gasteiger partial charge on any atom is -0.323 e. The first-order valence-corrected chi connectivity index (χ1v) is 8.59. The average Bonchev–Trinajstić information content (AvgIpc) is 3.05. The van der Waals surface area contributed by atoms with Gasteiger partial charge in [0.15, 0.2) is 11.6 Å². The molecule has 0 aliphatic carbocycles. The third-order valence-electron chi connectivity index (χ3n) is 4.15. The van der Waals surface area contributed by atoms with Gasteiger partial charge in [0.25, 0.3) is 0 Å². The van der Waals surface area contributed by atoms with Crippen molar-refractivity contribution in [2.24, 2.45) is 5.92 Å². The summed E-state index contributed by atoms with van der Waals surface area (Å²) in [5.41, 5.74) is 2.92. The maximum absolute atomic E-state index is 4.68. The number of pyridine rings is 1. The van der Waals surface area contributed by atoms with E-state index in [4.69, 9.17) is 0 Å². The lowest BCUT2D eigenvalue weighted by Gasteiger charge is -2.11. The Balaban J connectivity index is 1.84. The van der Waals surface area contributed by atoms with Crippen molar-refractivity contribution in [1.82, 2.24) is 24.7 Å². The summed E-state index contributed by atoms with van der Waals surface area (Å²) in [7, 11) is 0. The molecule has 0 bridgehead atoms. The molecule has 3 aromatic heterocycles. The number of hydrogen-bond acceptors (Lipinski definition) is 5. The minimum atomic E-state index is 0.662. The fraction of sp³-hybridized carbons (Fsp3) is 0.368. The van der Waals surface area contributed by atoms with Crippen molar-refractivity contribution in [2.75, 3.05) is 5.32 Å². The van der Waals surface area contributed by atoms with E-state index in [1.54, 1.807) is 12.4 Å². The zero-order chi connectivity index (χ0) is 17.8. The summed E-state index contributed by atoms with van der Waals surface area (Å²) in [5, 5.41) is 7.92. The monoisotopic (exact) mass is 336 g/mol. The Labute approximate surface area is 148 Å². The van der Waals surface area contributed by atoms with Gasteiger partial charge in [-0.3, -0.25) is 9.67 Å². The van der Waals surface area contributed by atoms with E-state index in [1.165, 1.54) is 0 Å². The standard InChI is InChI=1S/C19H24N6/c1-13(2)7-11-25-12-8-17(24-25)22-18-14(3)15(4)21-19(23-18)16-5-9-20-10-6-16/h5-6,8-10,12-13H,7,11H2,1-4H3,(H,21,22,23,24). The molecule has 0 saturated heterocycles. The van der Waals surface area contributed by atoms with Gasteiger partial charge < -0.3 is 5.32 Å². The van der Waals surface area contributed by atoms with Crippen LogP contribution in [-0.2, 0) is 6.54 Å². The van der Waals surface area contributed by atoms with E-state index in [-0.39, 0.29) is 0 Å². The van der Waals surface area contributed by atoms with Crippen LogP contribution in [-0.4, -0.2) is 24.7 Å². The molecule has 0 unspecified atom stereocenters. The Morgan fingerprint density at radius 2 is 1.84 bits per heavy atom. The van der Waals surface area contributed by atoms with Gasteiger partial charge in [-0.05, 0) is 38.3 Å². The molecule has 6 nitrogen and oxygen atoms in total. The van der Waals surface area contributed by atoms with E-state index in [0.29, 0.717) is 11.7 Å². The quantitative estimate of drug-likeness (QED) is 0.732. The largest absolute Gasteiger partial charge is 0.323 e. The van der Waals surface area contributed by atoms with Gasteiger partial charge in [0.1, 0.15) is 5.82 Å². The highest BCUT2D eigenvalue weighted by Crippen LogP contribution is 2.23. The van der Waals surface area contributed by atoms with Gasteiger partial charge in [0.2, 0.25) is 0 Å². The van der Waals surface area contributed by atoms with Gasteiger partial charge in [-0.1, -0.05) is 13.8 Å². The molecule has 1 N–H and O–H groups in total. The number of nitrogens with zero attached hydrogens (tertiary/aromatic N) is 5. The van der Waals surface area contributed by atoms with Gasteiger partial charge in [-0.2, -0.15) is 5.10 Å². The van der Waals surface area contributed by atoms with E-state index >= 15 is 0 Å². The van der Waals surface area contributed by atoms with Crippen LogP contribution >= 0.6 is 0 Å². The lowest BCUT2D eigenvalue weighted by atomic mass is 10.1. The Bertz CT molecular complexity index is 838. The van der Waals surface area contributed by atoms with Crippen LogP contribution in [0.1, 0.15) is 31.5 Å². The number of anilines is 2. The second-order valence-corrected chi connectivity index (χ2v) is 6.61. The van der Waals surface area contributed by atoms with E-state index in [1.807, 2.05) is 42.9 Å². The highest BCUT2D eigenvalue weighted by atomic mass is 15.3. The smallest absolute Gasteiger partial charge is 0.161 e. The maximum atomic E-state index is 4.68. The molecule has 0 aromatic carbocycles. The SMILES string of the molecule is Cc1nc(-c2ccncc2)nc(Nc2ccn(CCC(C)C)n2)c1C. The Morgan fingerprint density at radius 3 is 2.56 bits per heavy atom. The molecule has 3 rings (SSSR count). The molecule has 0 aliphatic heterocycles. The fourth-order valence-corrected chi connectivity index (χ4v) is 2.45. The first kappa shape index (κ1) is 17.1. The molecule has 3 heterocycles. The van der Waals surface area contributed by atoms with Crippen LogP contribution in [0.15, 0.2) is 36.8 Å². The Hall–Kier alpha value is -2.76. The normalized spacial score (nSPS) is 11.1. The van der Waals surface area contributed by atoms with Crippen molar-refractivity contribution < 1.29 is 0 Å². The molecule has 0 atom stereocenters. The molecule has 130 valence electrons. The lowest BCUT2D eigenvalue weighted by Crippen LogP contribution is -2.05. The van der Waals surface area contributed by atoms with Crippen molar-refractivity contribution in [3.63, 3.8) is 0 Å². The van der Waals surface area contributed by atoms with Crippen LogP contribution in [0.4, 0.5) is 11.6 Å². The summed E-state index contributed by atoms with van der Waals surface area (Å²) in [6.07, 6.45) is 6.60. The van der Waals surface area contributed by atoms with Gasteiger partial charge in [0.05, 0.1) is 0 Å². The van der Waals surface area contributed by atoms with Crippen LogP contribution in [0.3, 0.4) is 0 Å². The van der Waals surface area contributed by atoms with Crippen molar-refractivity contribution in [3.05, 3.63) is 48.0 Å². The molecule has 25 heavy (non-hydrogen) atoms. The van der Waals surface area contributed by atoms with Crippen molar-refractivity contribution in [3.8, 4) is 11.4 Å². The molecule has 0 amide bonds. The Morgan fingerprint density at radius 1 is 1.08 bits per heavy atom. The van der Waals surface area contributed by atoms with Crippen molar-refractivity contribution in [2.45, 2.75) is 40.7 Å². The van der Waals surface area contributed by atoms with Gasteiger partial charge >= 0.3 is 0 Å². The van der Waals surface area contributed by atoms with Crippen LogP contribution < -0.4 is 5.32 Å². The second kappa shape index (κ2) is 7.42. The molecule has 3 aromatic rings. The number of aryl methyl sites for hydroxylation is 2. The summed E-state index contributed by atoms with van der Waals surface area (Å²) < 4.78 is 1.97. The minimum absolute atomic E-state index is 0.662. The molecule has 6 heteroatoms. The number of rotatable bonds is 6. The fourth-order valence-electron chi connectivity index (χ4n) is 2.45. The zero-order valence-corrected chi connectivity index (χ0v) is 15.2. The molecular weight excluding hydrogens is 312 g/mol. The van der Waals surface area contributed by atoms with Crippen LogP contribution in [0.2, 0.25) is 0 Å². The van der Waals surface area contributed by atoms with Gasteiger partial charge in [-0.25, -0.2) is 9.97 Å². The van der Waals surface area contributed by atoms with E-state index in [0.717, 1.165) is 41.4 Å². The molecule has 0 radical (unpaired) electrons. The summed E-state index contributed by atoms with van der Waals surface area (Å²) in [5.74, 6) is 2.93. The molecule has 0 fully saturated rings. The summed E-state index contributed by atoms with van der Waals surface area (Å²) in [4.78, 5) is 13.3. The predicted molar refractivity (Wildman–Crippen MR) is 99.7 cm³/mol. The van der Waals surface area contributed by atoms with Gasteiger partial charge in [-0.15, -0.1) is 0 Å². The topological polar surface area (TPSA) is 68.5 Å². The highest BCUT2D eigenvalue weighted by Gasteiger charge is 2.11. The van der Waals surface area contributed by atoms with Crippen LogP contribution in [0, 0.1) is 19.8 Å². The average molecular weight is 336 g/mol. The number of aromatic nitrogens is 5. The van der Waals surface area contributed by atoms with E-state index < -0.39 is 0 Å². The van der Waals surface area contributed by atoms with Crippen molar-refractivity contribution in [1.29, 1.82) is 0 Å². The number of hydrogen-bond donors (Lipinski definition) is 1. The molecule has 0 saturated carbocycles. The predicted octanol–water partition coefficient (Wildman–Crippen LogP) is 4.14. The van der Waals surface area contributed by atoms with E-state index in [9.17, 15) is 0 Å². The summed E-state index contributed by atoms with van der Waals surface area (Å²) >= 11 is 0. The first-order chi connectivity index (χ1) is 12.0. The highest BCUT2D eigenvalue weighted by molar-refractivity contribution is 5.62. The Kier molecular flexibility index (Phi) is 5.07. The van der Waals surface area contributed by atoms with E-state index in [2.05, 4.69) is 39.2 Å².